The predicted octanol–water partition coefficient (Wildman–Crippen LogP) is 2.07. The number of amides is 1. The van der Waals surface area contributed by atoms with Gasteiger partial charge in [0.25, 0.3) is 10.0 Å². The highest BCUT2D eigenvalue weighted by atomic mass is 32.2. The van der Waals surface area contributed by atoms with E-state index in [4.69, 9.17) is 0 Å². The van der Waals surface area contributed by atoms with Crippen molar-refractivity contribution >= 4 is 15.9 Å². The third-order valence-corrected chi connectivity index (χ3v) is 4.33. The van der Waals surface area contributed by atoms with Crippen molar-refractivity contribution in [2.45, 2.75) is 38.6 Å². The minimum Gasteiger partial charge on any atom is -0.274 e. The van der Waals surface area contributed by atoms with E-state index >= 15 is 0 Å². The van der Waals surface area contributed by atoms with E-state index < -0.39 is 22.0 Å². The molecule has 0 atom stereocenters. The maximum Gasteiger partial charge on any atom is 0.267 e. The minimum absolute atomic E-state index is 0.0210. The molecule has 1 amide bonds. The Morgan fingerprint density at radius 2 is 1.83 bits per heavy atom. The first-order chi connectivity index (χ1) is 8.28. The number of hydrogen-bond donors (Lipinski definition) is 0. The number of carbonyl (C=O) groups is 1. The molecule has 0 N–H and O–H groups in total. The molecule has 1 rings (SSSR count). The van der Waals surface area contributed by atoms with Gasteiger partial charge in [-0.1, -0.05) is 32.0 Å². The smallest absolute Gasteiger partial charge is 0.267 e. The van der Waals surface area contributed by atoms with Crippen molar-refractivity contribution in [1.29, 1.82) is 0 Å². The van der Waals surface area contributed by atoms with Gasteiger partial charge < -0.3 is 0 Å². The Labute approximate surface area is 109 Å². The molecule has 4 nitrogen and oxygen atoms in total. The van der Waals surface area contributed by atoms with E-state index in [0.717, 1.165) is 4.31 Å². The Kier molecular flexibility index (Phi) is 4.51. The Balaban J connectivity index is 3.27. The van der Waals surface area contributed by atoms with E-state index in [1.165, 1.54) is 12.1 Å². The first-order valence-corrected chi connectivity index (χ1v) is 7.27. The summed E-state index contributed by atoms with van der Waals surface area (Å²) in [5.41, 5.74) is 0. The summed E-state index contributed by atoms with van der Waals surface area (Å²) < 4.78 is 25.7. The summed E-state index contributed by atoms with van der Waals surface area (Å²) in [4.78, 5) is 12.1. The third-order valence-electron chi connectivity index (χ3n) is 2.40. The van der Waals surface area contributed by atoms with Crippen molar-refractivity contribution in [1.82, 2.24) is 4.31 Å². The molecule has 0 aromatic heterocycles. The highest BCUT2D eigenvalue weighted by molar-refractivity contribution is 7.89. The Morgan fingerprint density at radius 3 is 2.22 bits per heavy atom. The van der Waals surface area contributed by atoms with E-state index in [-0.39, 0.29) is 10.8 Å². The van der Waals surface area contributed by atoms with Crippen LogP contribution in [0.25, 0.3) is 0 Å². The lowest BCUT2D eigenvalue weighted by atomic mass is 10.2. The number of carbonyl (C=O) groups excluding carboxylic acids is 1. The van der Waals surface area contributed by atoms with Crippen LogP contribution in [0.4, 0.5) is 0 Å². The van der Waals surface area contributed by atoms with Crippen molar-refractivity contribution < 1.29 is 13.2 Å². The second kappa shape index (κ2) is 5.52. The van der Waals surface area contributed by atoms with E-state index in [2.05, 4.69) is 6.07 Å². The zero-order chi connectivity index (χ0) is 13.9. The van der Waals surface area contributed by atoms with Gasteiger partial charge in [-0.25, -0.2) is 12.7 Å². The molecule has 0 fully saturated rings. The van der Waals surface area contributed by atoms with E-state index in [0.29, 0.717) is 0 Å². The fourth-order valence-corrected chi connectivity index (χ4v) is 3.23. The minimum atomic E-state index is -3.82. The van der Waals surface area contributed by atoms with Crippen molar-refractivity contribution in [3.63, 3.8) is 0 Å². The Bertz CT molecular complexity index is 506. The molecule has 1 aromatic rings. The van der Waals surface area contributed by atoms with E-state index in [1.807, 2.05) is 0 Å². The van der Waals surface area contributed by atoms with Crippen LogP contribution >= 0.6 is 0 Å². The SMILES string of the molecule is CC(C)C(=O)N(C(C)C)S(=O)(=O)c1[c]cccc1. The summed E-state index contributed by atoms with van der Waals surface area (Å²) in [5, 5.41) is 0. The molecular formula is C13H18NO3S. The molecule has 1 aromatic carbocycles. The van der Waals surface area contributed by atoms with Crippen molar-refractivity contribution in [2.24, 2.45) is 5.92 Å². The number of rotatable bonds is 4. The summed E-state index contributed by atoms with van der Waals surface area (Å²) in [6, 6.07) is 8.50. The second-order valence-electron chi connectivity index (χ2n) is 4.61. The maximum atomic E-state index is 12.4. The van der Waals surface area contributed by atoms with Gasteiger partial charge in [0, 0.05) is 18.0 Å². The molecule has 0 saturated carbocycles. The van der Waals surface area contributed by atoms with Gasteiger partial charge in [-0.3, -0.25) is 4.79 Å². The van der Waals surface area contributed by atoms with Crippen molar-refractivity contribution in [3.8, 4) is 0 Å². The number of nitrogens with zero attached hydrogens (tertiary/aromatic N) is 1. The molecule has 0 unspecified atom stereocenters. The molecule has 0 saturated heterocycles. The van der Waals surface area contributed by atoms with E-state index in [9.17, 15) is 13.2 Å². The summed E-state index contributed by atoms with van der Waals surface area (Å²) >= 11 is 0. The van der Waals surface area contributed by atoms with Crippen LogP contribution in [0.15, 0.2) is 29.2 Å². The fourth-order valence-electron chi connectivity index (χ4n) is 1.55. The van der Waals surface area contributed by atoms with Crippen molar-refractivity contribution in [3.05, 3.63) is 30.3 Å². The summed E-state index contributed by atoms with van der Waals surface area (Å²) in [6.07, 6.45) is 0. The molecule has 0 spiro atoms. The highest BCUT2D eigenvalue weighted by Gasteiger charge is 2.32. The molecule has 0 aliphatic carbocycles. The average Bonchev–Trinajstić information content (AvgIpc) is 2.29. The first kappa shape index (κ1) is 14.7. The van der Waals surface area contributed by atoms with Crippen LogP contribution in [0, 0.1) is 12.0 Å². The largest absolute Gasteiger partial charge is 0.274 e. The van der Waals surface area contributed by atoms with Crippen LogP contribution in [-0.4, -0.2) is 24.7 Å². The van der Waals surface area contributed by atoms with Crippen LogP contribution in [-0.2, 0) is 14.8 Å². The standard InChI is InChI=1S/C13H18NO3S/c1-10(2)13(15)14(11(3)4)18(16,17)12-8-6-5-7-9-12/h5-8,10-11H,1-4H3. The van der Waals surface area contributed by atoms with Crippen LogP contribution < -0.4 is 0 Å². The molecule has 1 radical (unpaired) electrons. The average molecular weight is 268 g/mol. The van der Waals surface area contributed by atoms with Gasteiger partial charge >= 0.3 is 0 Å². The van der Waals surface area contributed by atoms with Crippen LogP contribution in [0.1, 0.15) is 27.7 Å². The van der Waals surface area contributed by atoms with E-state index in [1.54, 1.807) is 39.8 Å². The summed E-state index contributed by atoms with van der Waals surface area (Å²) in [6.45, 7) is 6.73. The topological polar surface area (TPSA) is 54.5 Å². The van der Waals surface area contributed by atoms with Gasteiger partial charge in [0.15, 0.2) is 0 Å². The maximum absolute atomic E-state index is 12.4. The molecule has 0 bridgehead atoms. The quantitative estimate of drug-likeness (QED) is 0.840. The number of benzene rings is 1. The second-order valence-corrected chi connectivity index (χ2v) is 6.40. The normalized spacial score (nSPS) is 11.9. The van der Waals surface area contributed by atoms with Gasteiger partial charge in [-0.15, -0.1) is 0 Å². The third kappa shape index (κ3) is 2.90. The highest BCUT2D eigenvalue weighted by Crippen LogP contribution is 2.19. The van der Waals surface area contributed by atoms with Crippen LogP contribution in [0.3, 0.4) is 0 Å². The van der Waals surface area contributed by atoms with Crippen LogP contribution in [0.2, 0.25) is 0 Å². The Hall–Kier alpha value is -1.36. The lowest BCUT2D eigenvalue weighted by molar-refractivity contribution is -0.130. The molecule has 99 valence electrons. The van der Waals surface area contributed by atoms with Crippen LogP contribution in [0.5, 0.6) is 0 Å². The number of hydrogen-bond acceptors (Lipinski definition) is 3. The van der Waals surface area contributed by atoms with Gasteiger partial charge in [-0.2, -0.15) is 0 Å². The molecule has 0 aliphatic rings. The lowest BCUT2D eigenvalue weighted by Gasteiger charge is -2.27. The predicted molar refractivity (Wildman–Crippen MR) is 69.3 cm³/mol. The Morgan fingerprint density at radius 1 is 1.22 bits per heavy atom. The number of sulfonamides is 1. The summed E-state index contributed by atoms with van der Waals surface area (Å²) in [5.74, 6) is -0.770. The first-order valence-electron chi connectivity index (χ1n) is 5.83. The molecular weight excluding hydrogens is 250 g/mol. The lowest BCUT2D eigenvalue weighted by Crippen LogP contribution is -2.43. The van der Waals surface area contributed by atoms with Gasteiger partial charge in [0.2, 0.25) is 5.91 Å². The van der Waals surface area contributed by atoms with Gasteiger partial charge in [-0.05, 0) is 19.9 Å². The molecule has 0 heterocycles. The van der Waals surface area contributed by atoms with Crippen molar-refractivity contribution in [2.75, 3.05) is 0 Å². The molecule has 0 aliphatic heterocycles. The van der Waals surface area contributed by atoms with Gasteiger partial charge in [0.05, 0.1) is 4.90 Å². The fraction of sp³-hybridized carbons (Fsp3) is 0.462. The molecule has 5 heteroatoms. The zero-order valence-electron chi connectivity index (χ0n) is 11.0. The monoisotopic (exact) mass is 268 g/mol. The molecule has 18 heavy (non-hydrogen) atoms. The van der Waals surface area contributed by atoms with Gasteiger partial charge in [0.1, 0.15) is 0 Å². The summed E-state index contributed by atoms with van der Waals surface area (Å²) in [7, 11) is -3.82. The zero-order valence-corrected chi connectivity index (χ0v) is 11.9.